The van der Waals surface area contributed by atoms with Gasteiger partial charge in [-0.1, -0.05) is 12.1 Å². The predicted molar refractivity (Wildman–Crippen MR) is 88.7 cm³/mol. The zero-order chi connectivity index (χ0) is 16.9. The van der Waals surface area contributed by atoms with Crippen molar-refractivity contribution in [3.8, 4) is 5.75 Å². The van der Waals surface area contributed by atoms with Crippen molar-refractivity contribution in [1.29, 1.82) is 0 Å². The highest BCUT2D eigenvalue weighted by molar-refractivity contribution is 5.83. The van der Waals surface area contributed by atoms with Gasteiger partial charge in [-0.2, -0.15) is 0 Å². The van der Waals surface area contributed by atoms with E-state index in [2.05, 4.69) is 21.5 Å². The van der Waals surface area contributed by atoms with Crippen LogP contribution in [-0.2, 0) is 11.2 Å². The molecule has 1 saturated heterocycles. The third-order valence-corrected chi connectivity index (χ3v) is 3.76. The first-order chi connectivity index (χ1) is 11.6. The van der Waals surface area contributed by atoms with E-state index in [-0.39, 0.29) is 11.7 Å². The van der Waals surface area contributed by atoms with Gasteiger partial charge in [0.15, 0.2) is 6.29 Å². The highest BCUT2D eigenvalue weighted by Gasteiger charge is 2.27. The number of halogens is 1. The van der Waals surface area contributed by atoms with Crippen molar-refractivity contribution in [2.45, 2.75) is 18.8 Å². The zero-order valence-electron chi connectivity index (χ0n) is 13.2. The first-order valence-corrected chi connectivity index (χ1v) is 7.60. The normalized spacial score (nSPS) is 20.3. The van der Waals surface area contributed by atoms with Crippen molar-refractivity contribution in [1.82, 2.24) is 16.2 Å². The smallest absolute Gasteiger partial charge is 0.241 e. The maximum atomic E-state index is 12.9. The van der Waals surface area contributed by atoms with Crippen molar-refractivity contribution in [3.05, 3.63) is 59.9 Å². The van der Waals surface area contributed by atoms with E-state index in [9.17, 15) is 9.18 Å². The van der Waals surface area contributed by atoms with Gasteiger partial charge in [0.25, 0.3) is 0 Å². The summed E-state index contributed by atoms with van der Waals surface area (Å²) in [5, 5.41) is 5.99. The summed E-state index contributed by atoms with van der Waals surface area (Å²) in [4.78, 5) is 12.2. The molecule has 6 nitrogen and oxygen atoms in total. The number of methoxy groups -OCH3 is 1. The maximum absolute atomic E-state index is 12.9. The molecule has 0 aliphatic carbocycles. The second kappa shape index (κ2) is 7.29. The first-order valence-electron chi connectivity index (χ1n) is 7.60. The van der Waals surface area contributed by atoms with Crippen molar-refractivity contribution in [3.63, 3.8) is 0 Å². The SMILES string of the molecule is COc1ccc(NC2NNC(Cc3ccc(F)cc3)C(=O)N2)cc1. The second-order valence-corrected chi connectivity index (χ2v) is 5.49. The minimum atomic E-state index is -0.435. The lowest BCUT2D eigenvalue weighted by atomic mass is 10.1. The van der Waals surface area contributed by atoms with Crippen LogP contribution in [0, 0.1) is 5.82 Å². The molecule has 1 amide bonds. The minimum absolute atomic E-state index is 0.135. The van der Waals surface area contributed by atoms with Gasteiger partial charge < -0.3 is 15.4 Å². The highest BCUT2D eigenvalue weighted by Crippen LogP contribution is 2.15. The third-order valence-electron chi connectivity index (χ3n) is 3.76. The summed E-state index contributed by atoms with van der Waals surface area (Å²) in [5.41, 5.74) is 7.71. The fourth-order valence-corrected chi connectivity index (χ4v) is 2.45. The Labute approximate surface area is 139 Å². The van der Waals surface area contributed by atoms with Crippen LogP contribution in [-0.4, -0.2) is 25.3 Å². The molecule has 4 N–H and O–H groups in total. The van der Waals surface area contributed by atoms with Gasteiger partial charge in [-0.3, -0.25) is 4.79 Å². The predicted octanol–water partition coefficient (Wildman–Crippen LogP) is 1.37. The molecule has 7 heteroatoms. The molecule has 0 spiro atoms. The summed E-state index contributed by atoms with van der Waals surface area (Å²) in [6.07, 6.45) is 0.0318. The van der Waals surface area contributed by atoms with Gasteiger partial charge in [0.1, 0.15) is 17.6 Å². The van der Waals surface area contributed by atoms with E-state index in [4.69, 9.17) is 4.74 Å². The summed E-state index contributed by atoms with van der Waals surface area (Å²) in [6, 6.07) is 13.1. The Morgan fingerprint density at radius 2 is 1.79 bits per heavy atom. The Morgan fingerprint density at radius 1 is 1.08 bits per heavy atom. The van der Waals surface area contributed by atoms with E-state index in [0.717, 1.165) is 17.0 Å². The van der Waals surface area contributed by atoms with E-state index in [0.29, 0.717) is 6.42 Å². The van der Waals surface area contributed by atoms with Crippen LogP contribution in [0.2, 0.25) is 0 Å². The zero-order valence-corrected chi connectivity index (χ0v) is 13.2. The quantitative estimate of drug-likeness (QED) is 0.666. The van der Waals surface area contributed by atoms with Crippen molar-refractivity contribution in [2.24, 2.45) is 0 Å². The van der Waals surface area contributed by atoms with Crippen LogP contribution < -0.4 is 26.2 Å². The molecule has 2 atom stereocenters. The topological polar surface area (TPSA) is 74.4 Å². The highest BCUT2D eigenvalue weighted by atomic mass is 19.1. The second-order valence-electron chi connectivity index (χ2n) is 5.49. The summed E-state index contributed by atoms with van der Waals surface area (Å²) >= 11 is 0. The molecule has 0 radical (unpaired) electrons. The summed E-state index contributed by atoms with van der Waals surface area (Å²) in [7, 11) is 1.61. The van der Waals surface area contributed by atoms with Crippen LogP contribution in [0.4, 0.5) is 10.1 Å². The standard InChI is InChI=1S/C17H19FN4O2/c1-24-14-8-6-13(7-9-14)19-17-20-16(23)15(21-22-17)10-11-2-4-12(18)5-3-11/h2-9,15,17,19,21-22H,10H2,1H3,(H,20,23). The van der Waals surface area contributed by atoms with Crippen molar-refractivity contribution in [2.75, 3.05) is 12.4 Å². The fraction of sp³-hybridized carbons (Fsp3) is 0.235. The van der Waals surface area contributed by atoms with Gasteiger partial charge in [-0.05, 0) is 48.4 Å². The van der Waals surface area contributed by atoms with E-state index in [1.54, 1.807) is 19.2 Å². The van der Waals surface area contributed by atoms with Gasteiger partial charge in [0, 0.05) is 5.69 Å². The minimum Gasteiger partial charge on any atom is -0.497 e. The Bertz CT molecular complexity index is 691. The molecular formula is C17H19FN4O2. The molecule has 1 aliphatic rings. The summed E-state index contributed by atoms with van der Waals surface area (Å²) in [6.45, 7) is 0. The number of carbonyl (C=O) groups excluding carboxylic acids is 1. The van der Waals surface area contributed by atoms with Crippen LogP contribution in [0.5, 0.6) is 5.75 Å². The fourth-order valence-electron chi connectivity index (χ4n) is 2.45. The largest absolute Gasteiger partial charge is 0.497 e. The van der Waals surface area contributed by atoms with E-state index in [1.807, 2.05) is 24.3 Å². The van der Waals surface area contributed by atoms with E-state index in [1.165, 1.54) is 12.1 Å². The van der Waals surface area contributed by atoms with Crippen LogP contribution >= 0.6 is 0 Å². The number of amides is 1. The molecule has 0 bridgehead atoms. The lowest BCUT2D eigenvalue weighted by Crippen LogP contribution is -2.68. The number of rotatable bonds is 5. The van der Waals surface area contributed by atoms with Crippen molar-refractivity contribution >= 4 is 11.6 Å². The van der Waals surface area contributed by atoms with Gasteiger partial charge in [0.05, 0.1) is 7.11 Å². The van der Waals surface area contributed by atoms with Gasteiger partial charge in [0.2, 0.25) is 5.91 Å². The van der Waals surface area contributed by atoms with Crippen LogP contribution in [0.1, 0.15) is 5.56 Å². The third kappa shape index (κ3) is 4.01. The van der Waals surface area contributed by atoms with Crippen LogP contribution in [0.25, 0.3) is 0 Å². The summed E-state index contributed by atoms with van der Waals surface area (Å²) < 4.78 is 18.0. The molecule has 2 aromatic rings. The van der Waals surface area contributed by atoms with Gasteiger partial charge in [-0.15, -0.1) is 0 Å². The lowest BCUT2D eigenvalue weighted by molar-refractivity contribution is -0.126. The Balaban J connectivity index is 1.54. The number of anilines is 1. The molecule has 0 saturated carbocycles. The molecule has 3 rings (SSSR count). The Hall–Kier alpha value is -2.64. The average molecular weight is 330 g/mol. The van der Waals surface area contributed by atoms with E-state index >= 15 is 0 Å². The number of hydrogen-bond acceptors (Lipinski definition) is 5. The molecule has 126 valence electrons. The molecule has 1 fully saturated rings. The van der Waals surface area contributed by atoms with Crippen molar-refractivity contribution < 1.29 is 13.9 Å². The Morgan fingerprint density at radius 3 is 2.42 bits per heavy atom. The van der Waals surface area contributed by atoms with Gasteiger partial charge >= 0.3 is 0 Å². The monoisotopic (exact) mass is 330 g/mol. The molecule has 0 aromatic heterocycles. The number of hydrazine groups is 1. The first kappa shape index (κ1) is 16.2. The molecule has 2 unspecified atom stereocenters. The van der Waals surface area contributed by atoms with Gasteiger partial charge in [-0.25, -0.2) is 15.2 Å². The molecule has 24 heavy (non-hydrogen) atoms. The number of hydrogen-bond donors (Lipinski definition) is 4. The van der Waals surface area contributed by atoms with Crippen LogP contribution in [0.15, 0.2) is 48.5 Å². The lowest BCUT2D eigenvalue weighted by Gasteiger charge is -2.32. The number of nitrogens with one attached hydrogen (secondary N) is 4. The molecule has 2 aromatic carbocycles. The van der Waals surface area contributed by atoms with Crippen LogP contribution in [0.3, 0.4) is 0 Å². The average Bonchev–Trinajstić information content (AvgIpc) is 2.60. The summed E-state index contributed by atoms with van der Waals surface area (Å²) in [5.74, 6) is 0.337. The number of ether oxygens (including phenoxy) is 1. The number of benzene rings is 2. The Kier molecular flexibility index (Phi) is 4.93. The maximum Gasteiger partial charge on any atom is 0.241 e. The number of carbonyl (C=O) groups is 1. The van der Waals surface area contributed by atoms with E-state index < -0.39 is 12.3 Å². The molecule has 1 aliphatic heterocycles. The molecular weight excluding hydrogens is 311 g/mol. The molecule has 1 heterocycles.